The van der Waals surface area contributed by atoms with Crippen molar-refractivity contribution in [2.24, 2.45) is 11.8 Å². The minimum absolute atomic E-state index is 0.0589. The molecule has 0 aromatic heterocycles. The lowest BCUT2D eigenvalue weighted by Crippen LogP contribution is -2.53. The van der Waals surface area contributed by atoms with Crippen molar-refractivity contribution in [3.63, 3.8) is 0 Å². The van der Waals surface area contributed by atoms with Crippen molar-refractivity contribution >= 4 is 16.7 Å². The normalized spacial score (nSPS) is 29.3. The molecule has 196 valence electrons. The Bertz CT molecular complexity index is 1080. The molecule has 3 aliphatic rings. The fourth-order valence-corrected chi connectivity index (χ4v) is 6.74. The first kappa shape index (κ1) is 25.4. The largest absolute Gasteiger partial charge is 0.490 e. The van der Waals surface area contributed by atoms with Crippen molar-refractivity contribution in [3.8, 4) is 5.75 Å². The van der Waals surface area contributed by atoms with Gasteiger partial charge in [-0.25, -0.2) is 0 Å². The third kappa shape index (κ3) is 5.36. The van der Waals surface area contributed by atoms with E-state index >= 15 is 0 Å². The maximum atomic E-state index is 14.2. The van der Waals surface area contributed by atoms with Crippen LogP contribution in [-0.4, -0.2) is 40.7 Å². The highest BCUT2D eigenvalue weighted by Crippen LogP contribution is 2.43. The number of aliphatic carboxylic acids is 1. The molecular weight excluding hydrogens is 467 g/mol. The third-order valence-corrected chi connectivity index (χ3v) is 8.72. The average molecular weight is 504 g/mol. The van der Waals surface area contributed by atoms with Gasteiger partial charge < -0.3 is 9.84 Å². The van der Waals surface area contributed by atoms with Crippen molar-refractivity contribution in [2.75, 3.05) is 6.54 Å². The van der Waals surface area contributed by atoms with E-state index in [0.29, 0.717) is 36.2 Å². The number of alkyl halides is 3. The monoisotopic (exact) mass is 503 g/mol. The molecule has 2 aromatic rings. The Morgan fingerprint density at radius 1 is 1.03 bits per heavy atom. The molecule has 3 fully saturated rings. The Kier molecular flexibility index (Phi) is 7.21. The SMILES string of the molecule is CC1CCC(Oc2ccc3cc(CCN4C5CCCC4CC(C(=O)O)C5)ccc3c2C(F)(F)F)CC1. The van der Waals surface area contributed by atoms with Gasteiger partial charge in [-0.3, -0.25) is 9.69 Å². The van der Waals surface area contributed by atoms with Gasteiger partial charge in [0.05, 0.1) is 12.0 Å². The van der Waals surface area contributed by atoms with Gasteiger partial charge in [0, 0.05) is 18.6 Å². The summed E-state index contributed by atoms with van der Waals surface area (Å²) in [5, 5.41) is 10.2. The molecule has 1 aliphatic carbocycles. The Morgan fingerprint density at radius 2 is 1.72 bits per heavy atom. The minimum Gasteiger partial charge on any atom is -0.490 e. The van der Waals surface area contributed by atoms with Gasteiger partial charge in [0.15, 0.2) is 0 Å². The van der Waals surface area contributed by atoms with Gasteiger partial charge in [-0.15, -0.1) is 0 Å². The Balaban J connectivity index is 1.33. The first-order chi connectivity index (χ1) is 17.2. The van der Waals surface area contributed by atoms with Gasteiger partial charge in [0.2, 0.25) is 0 Å². The van der Waals surface area contributed by atoms with Crippen LogP contribution in [-0.2, 0) is 17.4 Å². The number of carbonyl (C=O) groups is 1. The zero-order valence-corrected chi connectivity index (χ0v) is 20.9. The first-order valence-electron chi connectivity index (χ1n) is 13.5. The average Bonchev–Trinajstić information content (AvgIpc) is 2.82. The molecule has 2 unspecified atom stereocenters. The number of hydrogen-bond acceptors (Lipinski definition) is 3. The molecule has 1 saturated carbocycles. The van der Waals surface area contributed by atoms with E-state index in [1.54, 1.807) is 12.1 Å². The second-order valence-corrected chi connectivity index (χ2v) is 11.2. The lowest BCUT2D eigenvalue weighted by Gasteiger charge is -2.48. The number of nitrogens with zero attached hydrogens (tertiary/aromatic N) is 1. The van der Waals surface area contributed by atoms with Crippen molar-refractivity contribution in [1.29, 1.82) is 0 Å². The first-order valence-corrected chi connectivity index (χ1v) is 13.5. The quantitative estimate of drug-likeness (QED) is 0.458. The van der Waals surface area contributed by atoms with Gasteiger partial charge in [-0.1, -0.05) is 37.6 Å². The summed E-state index contributed by atoms with van der Waals surface area (Å²) in [7, 11) is 0. The topological polar surface area (TPSA) is 49.8 Å². The van der Waals surface area contributed by atoms with Crippen LogP contribution in [0.25, 0.3) is 10.8 Å². The maximum Gasteiger partial charge on any atom is 0.420 e. The maximum absolute atomic E-state index is 14.2. The third-order valence-electron chi connectivity index (χ3n) is 8.72. The van der Waals surface area contributed by atoms with Crippen LogP contribution < -0.4 is 4.74 Å². The van der Waals surface area contributed by atoms with Gasteiger partial charge in [0.1, 0.15) is 11.3 Å². The fourth-order valence-electron chi connectivity index (χ4n) is 6.74. The van der Waals surface area contributed by atoms with Crippen LogP contribution in [0.5, 0.6) is 5.75 Å². The summed E-state index contributed by atoms with van der Waals surface area (Å²) in [6.07, 6.45) is 4.21. The van der Waals surface area contributed by atoms with Gasteiger partial charge >= 0.3 is 12.1 Å². The van der Waals surface area contributed by atoms with Crippen LogP contribution in [0.2, 0.25) is 0 Å². The van der Waals surface area contributed by atoms with E-state index in [1.165, 1.54) is 6.07 Å². The molecule has 0 radical (unpaired) electrons. The molecule has 2 bridgehead atoms. The number of carboxylic acids is 1. The highest BCUT2D eigenvalue weighted by atomic mass is 19.4. The van der Waals surface area contributed by atoms with Crippen LogP contribution in [0, 0.1) is 11.8 Å². The predicted octanol–water partition coefficient (Wildman–Crippen LogP) is 7.08. The molecule has 2 heterocycles. The van der Waals surface area contributed by atoms with Crippen LogP contribution in [0.15, 0.2) is 30.3 Å². The highest BCUT2D eigenvalue weighted by Gasteiger charge is 2.40. The number of rotatable bonds is 6. The molecular formula is C29H36F3NO3. The second-order valence-electron chi connectivity index (χ2n) is 11.2. The number of hydrogen-bond donors (Lipinski definition) is 1. The molecule has 2 aliphatic heterocycles. The van der Waals surface area contributed by atoms with Crippen LogP contribution in [0.4, 0.5) is 13.2 Å². The zero-order valence-electron chi connectivity index (χ0n) is 20.9. The fraction of sp³-hybridized carbons (Fsp3) is 0.621. The van der Waals surface area contributed by atoms with Crippen LogP contribution in [0.3, 0.4) is 0 Å². The molecule has 4 nitrogen and oxygen atoms in total. The molecule has 1 N–H and O–H groups in total. The minimum atomic E-state index is -4.50. The Morgan fingerprint density at radius 3 is 2.36 bits per heavy atom. The van der Waals surface area contributed by atoms with Crippen molar-refractivity contribution in [1.82, 2.24) is 4.90 Å². The number of fused-ring (bicyclic) bond motifs is 3. The van der Waals surface area contributed by atoms with E-state index in [-0.39, 0.29) is 23.2 Å². The van der Waals surface area contributed by atoms with Crippen molar-refractivity contribution < 1.29 is 27.8 Å². The molecule has 7 heteroatoms. The number of halogens is 3. The molecule has 2 aromatic carbocycles. The summed E-state index contributed by atoms with van der Waals surface area (Å²) in [5.74, 6) is -0.407. The lowest BCUT2D eigenvalue weighted by atomic mass is 9.78. The lowest BCUT2D eigenvalue weighted by molar-refractivity contribution is -0.146. The van der Waals surface area contributed by atoms with Gasteiger partial charge in [0.25, 0.3) is 0 Å². The molecule has 2 saturated heterocycles. The summed E-state index contributed by atoms with van der Waals surface area (Å²) >= 11 is 0. The van der Waals surface area contributed by atoms with E-state index in [4.69, 9.17) is 4.74 Å². The predicted molar refractivity (Wildman–Crippen MR) is 133 cm³/mol. The number of ether oxygens (including phenoxy) is 1. The Labute approximate surface area is 210 Å². The van der Waals surface area contributed by atoms with Crippen LogP contribution in [0.1, 0.15) is 75.8 Å². The second kappa shape index (κ2) is 10.2. The number of carboxylic acid groups (broad SMARTS) is 1. The smallest absolute Gasteiger partial charge is 0.420 e. The summed E-state index contributed by atoms with van der Waals surface area (Å²) < 4.78 is 48.5. The summed E-state index contributed by atoms with van der Waals surface area (Å²) in [5.41, 5.74) is 0.333. The molecule has 0 amide bonds. The zero-order chi connectivity index (χ0) is 25.4. The van der Waals surface area contributed by atoms with Gasteiger partial charge in [-0.05, 0) is 86.1 Å². The van der Waals surface area contributed by atoms with E-state index in [0.717, 1.165) is 63.5 Å². The summed E-state index contributed by atoms with van der Waals surface area (Å²) in [6, 6.07) is 9.10. The summed E-state index contributed by atoms with van der Waals surface area (Å²) in [6.45, 7) is 2.98. The Hall–Kier alpha value is -2.28. The number of benzene rings is 2. The number of piperidine rings is 2. The van der Waals surface area contributed by atoms with E-state index in [1.807, 2.05) is 12.1 Å². The van der Waals surface area contributed by atoms with E-state index < -0.39 is 17.7 Å². The van der Waals surface area contributed by atoms with Gasteiger partial charge in [-0.2, -0.15) is 13.2 Å². The van der Waals surface area contributed by atoms with E-state index in [9.17, 15) is 23.1 Å². The molecule has 2 atom stereocenters. The molecule has 36 heavy (non-hydrogen) atoms. The van der Waals surface area contributed by atoms with Crippen molar-refractivity contribution in [2.45, 2.75) is 95.5 Å². The van der Waals surface area contributed by atoms with Crippen LogP contribution >= 0.6 is 0 Å². The molecule has 5 rings (SSSR count). The molecule has 0 spiro atoms. The van der Waals surface area contributed by atoms with Crippen molar-refractivity contribution in [3.05, 3.63) is 41.5 Å². The summed E-state index contributed by atoms with van der Waals surface area (Å²) in [4.78, 5) is 14.0. The van der Waals surface area contributed by atoms with E-state index in [2.05, 4.69) is 11.8 Å². The standard InChI is InChI=1S/C29H36F3NO3/c1-18-5-9-24(10-6-18)36-26-12-8-20-15-19(7-11-25(20)27(26)29(30,31)32)13-14-33-22-3-2-4-23(33)17-21(16-22)28(34)35/h7-8,11-12,15,18,21-24H,2-6,9-10,13-14,16-17H2,1H3,(H,34,35). The highest BCUT2D eigenvalue weighted by molar-refractivity contribution is 5.89.